The van der Waals surface area contributed by atoms with Crippen LogP contribution in [0.4, 0.5) is 5.82 Å². The molecule has 0 bridgehead atoms. The highest BCUT2D eigenvalue weighted by molar-refractivity contribution is 7.99. The fourth-order valence-electron chi connectivity index (χ4n) is 2.78. The van der Waals surface area contributed by atoms with E-state index >= 15 is 0 Å². The van der Waals surface area contributed by atoms with Crippen LogP contribution in [0.15, 0.2) is 5.16 Å². The Morgan fingerprint density at radius 2 is 1.85 bits per heavy atom. The molecule has 2 aromatic rings. The summed E-state index contributed by atoms with van der Waals surface area (Å²) in [5.41, 5.74) is 7.67. The maximum absolute atomic E-state index is 6.23. The molecule has 1 aliphatic carbocycles. The minimum atomic E-state index is 0.479. The zero-order valence-electron chi connectivity index (χ0n) is 12.1. The van der Waals surface area contributed by atoms with Crippen molar-refractivity contribution in [3.05, 3.63) is 10.4 Å². The van der Waals surface area contributed by atoms with Crippen LogP contribution in [0.25, 0.3) is 10.2 Å². The van der Waals surface area contributed by atoms with Gasteiger partial charge in [0.05, 0.1) is 5.39 Å². The molecule has 0 fully saturated rings. The molecule has 20 heavy (non-hydrogen) atoms. The fraction of sp³-hybridized carbons (Fsp3) is 0.600. The van der Waals surface area contributed by atoms with Crippen molar-refractivity contribution in [1.29, 1.82) is 0 Å². The van der Waals surface area contributed by atoms with Gasteiger partial charge in [0.15, 0.2) is 5.16 Å². The van der Waals surface area contributed by atoms with Gasteiger partial charge in [-0.2, -0.15) is 0 Å². The van der Waals surface area contributed by atoms with E-state index in [4.69, 9.17) is 10.7 Å². The highest BCUT2D eigenvalue weighted by Crippen LogP contribution is 2.37. The number of nitrogens with zero attached hydrogens (tertiary/aromatic N) is 2. The molecule has 0 aliphatic heterocycles. The fourth-order valence-corrected chi connectivity index (χ4v) is 4.83. The summed E-state index contributed by atoms with van der Waals surface area (Å²) in [5.74, 6) is 0.677. The van der Waals surface area contributed by atoms with Crippen LogP contribution >= 0.6 is 23.1 Å². The van der Waals surface area contributed by atoms with Crippen molar-refractivity contribution in [2.45, 2.75) is 62.8 Å². The van der Waals surface area contributed by atoms with E-state index in [1.807, 2.05) is 11.3 Å². The van der Waals surface area contributed by atoms with E-state index in [1.165, 1.54) is 42.5 Å². The number of anilines is 1. The average Bonchev–Trinajstić information content (AvgIpc) is 2.66. The van der Waals surface area contributed by atoms with E-state index in [2.05, 4.69) is 18.8 Å². The van der Waals surface area contributed by atoms with Crippen molar-refractivity contribution in [3.63, 3.8) is 0 Å². The second kappa shape index (κ2) is 5.90. The van der Waals surface area contributed by atoms with Crippen LogP contribution in [0.3, 0.4) is 0 Å². The molecule has 2 N–H and O–H groups in total. The average molecular weight is 307 g/mol. The smallest absolute Gasteiger partial charge is 0.191 e. The molecular formula is C15H21N3S2. The number of hydrogen-bond acceptors (Lipinski definition) is 5. The lowest BCUT2D eigenvalue weighted by atomic mass is 9.98. The molecule has 5 heteroatoms. The number of rotatable bonds is 2. The van der Waals surface area contributed by atoms with Gasteiger partial charge >= 0.3 is 0 Å². The molecule has 0 radical (unpaired) electrons. The lowest BCUT2D eigenvalue weighted by Crippen LogP contribution is -2.00. The highest BCUT2D eigenvalue weighted by Gasteiger charge is 2.19. The first-order valence-corrected chi connectivity index (χ1v) is 9.09. The molecule has 0 aromatic carbocycles. The highest BCUT2D eigenvalue weighted by atomic mass is 32.2. The van der Waals surface area contributed by atoms with Gasteiger partial charge in [-0.1, -0.05) is 38.5 Å². The maximum atomic E-state index is 6.23. The first-order valence-electron chi connectivity index (χ1n) is 7.39. The molecule has 0 spiro atoms. The van der Waals surface area contributed by atoms with Crippen molar-refractivity contribution < 1.29 is 0 Å². The van der Waals surface area contributed by atoms with Gasteiger partial charge in [-0.25, -0.2) is 9.97 Å². The van der Waals surface area contributed by atoms with Crippen LogP contribution in [0.2, 0.25) is 0 Å². The van der Waals surface area contributed by atoms with Gasteiger partial charge in [0.1, 0.15) is 10.6 Å². The van der Waals surface area contributed by atoms with Gasteiger partial charge < -0.3 is 5.73 Å². The third kappa shape index (κ3) is 2.79. The lowest BCUT2D eigenvalue weighted by Gasteiger charge is -2.10. The van der Waals surface area contributed by atoms with Crippen molar-refractivity contribution in [1.82, 2.24) is 9.97 Å². The Bertz CT molecular complexity index is 619. The topological polar surface area (TPSA) is 51.8 Å². The minimum Gasteiger partial charge on any atom is -0.383 e. The number of nitrogen functional groups attached to an aromatic ring is 1. The molecule has 3 nitrogen and oxygen atoms in total. The summed E-state index contributed by atoms with van der Waals surface area (Å²) in [6.45, 7) is 4.31. The standard InChI is InChI=1S/C15H21N3S2/c1-9(2)19-15-17-13(16)12-10-7-5-3-4-6-8-11(10)20-14(12)18-15/h9H,3-8H2,1-2H3,(H2,16,17,18). The Hall–Kier alpha value is -0.810. The Kier molecular flexibility index (Phi) is 4.17. The predicted molar refractivity (Wildman–Crippen MR) is 88.7 cm³/mol. The van der Waals surface area contributed by atoms with Gasteiger partial charge in [-0.05, 0) is 31.2 Å². The molecule has 108 valence electrons. The summed E-state index contributed by atoms with van der Waals surface area (Å²) in [4.78, 5) is 11.8. The third-order valence-corrected chi connectivity index (χ3v) is 5.71. The van der Waals surface area contributed by atoms with Crippen LogP contribution in [-0.2, 0) is 12.8 Å². The Morgan fingerprint density at radius 1 is 1.10 bits per heavy atom. The van der Waals surface area contributed by atoms with Crippen molar-refractivity contribution in [2.24, 2.45) is 0 Å². The number of aryl methyl sites for hydroxylation is 2. The number of aromatic nitrogens is 2. The van der Waals surface area contributed by atoms with Crippen LogP contribution < -0.4 is 5.73 Å². The van der Waals surface area contributed by atoms with Gasteiger partial charge in [0, 0.05) is 10.1 Å². The van der Waals surface area contributed by atoms with E-state index in [-0.39, 0.29) is 0 Å². The maximum Gasteiger partial charge on any atom is 0.191 e. The monoisotopic (exact) mass is 307 g/mol. The van der Waals surface area contributed by atoms with Gasteiger partial charge in [-0.15, -0.1) is 11.3 Å². The summed E-state index contributed by atoms with van der Waals surface area (Å²) in [6.07, 6.45) is 7.56. The number of thioether (sulfide) groups is 1. The van der Waals surface area contributed by atoms with Crippen molar-refractivity contribution in [2.75, 3.05) is 5.73 Å². The second-order valence-electron chi connectivity index (χ2n) is 5.66. The molecule has 1 aliphatic rings. The molecule has 0 amide bonds. The summed E-state index contributed by atoms with van der Waals surface area (Å²) >= 11 is 3.52. The number of nitrogens with two attached hydrogens (primary N) is 1. The first-order chi connectivity index (χ1) is 9.65. The number of hydrogen-bond donors (Lipinski definition) is 1. The summed E-state index contributed by atoms with van der Waals surface area (Å²) in [5, 5.41) is 2.44. The summed E-state index contributed by atoms with van der Waals surface area (Å²) in [7, 11) is 0. The molecule has 2 aromatic heterocycles. The number of thiophene rings is 1. The third-order valence-electron chi connectivity index (χ3n) is 3.66. The Balaban J connectivity index is 2.09. The quantitative estimate of drug-likeness (QED) is 0.658. The molecule has 2 heterocycles. The van der Waals surface area contributed by atoms with Crippen molar-refractivity contribution >= 4 is 39.1 Å². The normalized spacial score (nSPS) is 16.1. The van der Waals surface area contributed by atoms with Crippen molar-refractivity contribution in [3.8, 4) is 0 Å². The zero-order chi connectivity index (χ0) is 14.1. The van der Waals surface area contributed by atoms with E-state index in [9.17, 15) is 0 Å². The van der Waals surface area contributed by atoms with Crippen LogP contribution in [0.1, 0.15) is 50.0 Å². The first kappa shape index (κ1) is 14.1. The van der Waals surface area contributed by atoms with Gasteiger partial charge in [0.2, 0.25) is 0 Å². The van der Waals surface area contributed by atoms with E-state index in [0.29, 0.717) is 11.1 Å². The largest absolute Gasteiger partial charge is 0.383 e. The predicted octanol–water partition coefficient (Wildman–Crippen LogP) is 4.43. The zero-order valence-corrected chi connectivity index (χ0v) is 13.7. The van der Waals surface area contributed by atoms with Gasteiger partial charge in [-0.3, -0.25) is 0 Å². The summed E-state index contributed by atoms with van der Waals surface area (Å²) < 4.78 is 0. The minimum absolute atomic E-state index is 0.479. The molecular weight excluding hydrogens is 286 g/mol. The lowest BCUT2D eigenvalue weighted by molar-refractivity contribution is 0.624. The number of fused-ring (bicyclic) bond motifs is 3. The molecule has 3 rings (SSSR count). The van der Waals surface area contributed by atoms with E-state index in [0.717, 1.165) is 21.8 Å². The SMILES string of the molecule is CC(C)Sc1nc(N)c2c3c(sc2n1)CCCCCC3. The molecule has 0 saturated carbocycles. The van der Waals surface area contributed by atoms with E-state index < -0.39 is 0 Å². The van der Waals surface area contributed by atoms with Crippen LogP contribution in [0.5, 0.6) is 0 Å². The van der Waals surface area contributed by atoms with E-state index in [1.54, 1.807) is 11.8 Å². The van der Waals surface area contributed by atoms with Gasteiger partial charge in [0.25, 0.3) is 0 Å². The molecule has 0 saturated heterocycles. The Morgan fingerprint density at radius 3 is 2.60 bits per heavy atom. The molecule has 0 unspecified atom stereocenters. The second-order valence-corrected chi connectivity index (χ2v) is 8.28. The van der Waals surface area contributed by atoms with Crippen LogP contribution in [-0.4, -0.2) is 15.2 Å². The van der Waals surface area contributed by atoms with Crippen LogP contribution in [0, 0.1) is 0 Å². The summed E-state index contributed by atoms with van der Waals surface area (Å²) in [6, 6.07) is 0. The molecule has 0 atom stereocenters. The Labute approximate surface area is 128 Å².